The van der Waals surface area contributed by atoms with Crippen LogP contribution in [0.4, 0.5) is 5.69 Å². The van der Waals surface area contributed by atoms with E-state index in [1.54, 1.807) is 24.3 Å². The molecule has 3 aromatic carbocycles. The quantitative estimate of drug-likeness (QED) is 0.467. The van der Waals surface area contributed by atoms with Gasteiger partial charge in [-0.05, 0) is 63.1 Å². The van der Waals surface area contributed by atoms with Gasteiger partial charge < -0.3 is 10.1 Å². The molecule has 0 atom stereocenters. The number of aryl methyl sites for hydroxylation is 1. The minimum Gasteiger partial charge on any atom is -0.455 e. The number of hydrogen-bond donors (Lipinski definition) is 1. The zero-order valence-electron chi connectivity index (χ0n) is 19.7. The Morgan fingerprint density at radius 1 is 0.943 bits per heavy atom. The van der Waals surface area contributed by atoms with Gasteiger partial charge in [-0.25, -0.2) is 8.42 Å². The molecule has 1 saturated heterocycles. The molecule has 0 aromatic heterocycles. The van der Waals surface area contributed by atoms with Crippen molar-refractivity contribution < 1.29 is 22.7 Å². The molecule has 0 aliphatic carbocycles. The van der Waals surface area contributed by atoms with Gasteiger partial charge in [-0.15, -0.1) is 0 Å². The minimum atomic E-state index is -3.74. The summed E-state index contributed by atoms with van der Waals surface area (Å²) in [4.78, 5) is 24.7. The van der Waals surface area contributed by atoms with Gasteiger partial charge in [-0.3, -0.25) is 9.59 Å². The second-order valence-corrected chi connectivity index (χ2v) is 10.6. The smallest absolute Gasteiger partial charge is 0.243 e. The van der Waals surface area contributed by atoms with Gasteiger partial charge in [-0.2, -0.15) is 4.31 Å². The van der Waals surface area contributed by atoms with Crippen LogP contribution in [0, 0.1) is 12.8 Å². The summed E-state index contributed by atoms with van der Waals surface area (Å²) in [5, 5.41) is 2.95. The van der Waals surface area contributed by atoms with Crippen molar-refractivity contribution in [3.8, 4) is 11.5 Å². The number of benzene rings is 3. The lowest BCUT2D eigenvalue weighted by atomic mass is 9.97. The molecule has 1 heterocycles. The van der Waals surface area contributed by atoms with Crippen LogP contribution in [0.15, 0.2) is 77.7 Å². The van der Waals surface area contributed by atoms with Gasteiger partial charge in [0.25, 0.3) is 0 Å². The number of hydrogen-bond acceptors (Lipinski definition) is 5. The number of piperidine rings is 1. The monoisotopic (exact) mass is 492 g/mol. The molecule has 182 valence electrons. The van der Waals surface area contributed by atoms with E-state index in [1.807, 2.05) is 43.3 Å². The fraction of sp³-hybridized carbons (Fsp3) is 0.259. The van der Waals surface area contributed by atoms with Crippen LogP contribution in [-0.4, -0.2) is 37.5 Å². The molecule has 3 aromatic rings. The molecule has 1 aliphatic rings. The maximum Gasteiger partial charge on any atom is 0.243 e. The lowest BCUT2D eigenvalue weighted by Gasteiger charge is -2.30. The average Bonchev–Trinajstić information content (AvgIpc) is 2.86. The summed E-state index contributed by atoms with van der Waals surface area (Å²) in [6, 6.07) is 20.9. The molecule has 0 bridgehead atoms. The number of amides is 1. The van der Waals surface area contributed by atoms with Crippen LogP contribution < -0.4 is 10.1 Å². The number of carbonyl (C=O) groups excluding carboxylic acids is 2. The van der Waals surface area contributed by atoms with Crippen LogP contribution >= 0.6 is 0 Å². The largest absolute Gasteiger partial charge is 0.455 e. The first-order chi connectivity index (χ1) is 16.7. The SMILES string of the molecule is CC(=O)c1cccc(S(=O)(=O)N2CCC(C(=O)Nc3ccccc3Oc3ccc(C)cc3)CC2)c1. The van der Waals surface area contributed by atoms with E-state index in [2.05, 4.69) is 5.32 Å². The molecule has 0 spiro atoms. The van der Waals surface area contributed by atoms with E-state index in [4.69, 9.17) is 4.74 Å². The topological polar surface area (TPSA) is 92.8 Å². The summed E-state index contributed by atoms with van der Waals surface area (Å²) in [7, 11) is -3.74. The third kappa shape index (κ3) is 5.78. The van der Waals surface area contributed by atoms with Crippen molar-refractivity contribution in [3.63, 3.8) is 0 Å². The summed E-state index contributed by atoms with van der Waals surface area (Å²) in [6.07, 6.45) is 0.802. The summed E-state index contributed by atoms with van der Waals surface area (Å²) in [5.74, 6) is 0.529. The standard InChI is InChI=1S/C27H28N2O5S/c1-19-10-12-23(13-11-19)34-26-9-4-3-8-25(26)28-27(31)21-14-16-29(17-15-21)35(32,33)24-7-5-6-22(18-24)20(2)30/h3-13,18,21H,14-17H2,1-2H3,(H,28,31). The van der Waals surface area contributed by atoms with Crippen LogP contribution in [0.2, 0.25) is 0 Å². The normalized spacial score (nSPS) is 14.9. The maximum atomic E-state index is 13.1. The number of rotatable bonds is 7. The summed E-state index contributed by atoms with van der Waals surface area (Å²) in [5.41, 5.74) is 2.04. The first-order valence-electron chi connectivity index (χ1n) is 11.5. The molecule has 8 heteroatoms. The van der Waals surface area contributed by atoms with E-state index in [0.29, 0.717) is 35.6 Å². The van der Waals surface area contributed by atoms with Gasteiger partial charge in [-0.1, -0.05) is 42.0 Å². The van der Waals surface area contributed by atoms with E-state index in [0.717, 1.165) is 5.56 Å². The fourth-order valence-electron chi connectivity index (χ4n) is 4.01. The first-order valence-corrected chi connectivity index (χ1v) is 12.9. The Balaban J connectivity index is 1.40. The van der Waals surface area contributed by atoms with Crippen molar-refractivity contribution >= 4 is 27.4 Å². The van der Waals surface area contributed by atoms with Crippen LogP contribution in [0.3, 0.4) is 0 Å². The zero-order chi connectivity index (χ0) is 25.0. The second kappa shape index (κ2) is 10.4. The molecule has 4 rings (SSSR count). The van der Waals surface area contributed by atoms with E-state index in [-0.39, 0.29) is 35.6 Å². The molecular formula is C27H28N2O5S. The fourth-order valence-corrected chi connectivity index (χ4v) is 5.53. The molecular weight excluding hydrogens is 464 g/mol. The molecule has 1 aliphatic heterocycles. The van der Waals surface area contributed by atoms with Gasteiger partial charge in [0.05, 0.1) is 10.6 Å². The Hall–Kier alpha value is -3.49. The molecule has 0 radical (unpaired) electrons. The summed E-state index contributed by atoms with van der Waals surface area (Å²) >= 11 is 0. The number of ether oxygens (including phenoxy) is 1. The lowest BCUT2D eigenvalue weighted by Crippen LogP contribution is -2.41. The van der Waals surface area contributed by atoms with Gasteiger partial charge >= 0.3 is 0 Å². The van der Waals surface area contributed by atoms with Gasteiger partial charge in [0.2, 0.25) is 15.9 Å². The van der Waals surface area contributed by atoms with E-state index >= 15 is 0 Å². The highest BCUT2D eigenvalue weighted by molar-refractivity contribution is 7.89. The molecule has 0 unspecified atom stereocenters. The zero-order valence-corrected chi connectivity index (χ0v) is 20.5. The molecule has 7 nitrogen and oxygen atoms in total. The highest BCUT2D eigenvalue weighted by Crippen LogP contribution is 2.31. The van der Waals surface area contributed by atoms with Gasteiger partial charge in [0, 0.05) is 24.6 Å². The van der Waals surface area contributed by atoms with E-state index in [1.165, 1.54) is 23.4 Å². The lowest BCUT2D eigenvalue weighted by molar-refractivity contribution is -0.120. The molecule has 1 N–H and O–H groups in total. The Bertz CT molecular complexity index is 1330. The van der Waals surface area contributed by atoms with E-state index in [9.17, 15) is 18.0 Å². The number of carbonyl (C=O) groups is 2. The predicted octanol–water partition coefficient (Wildman–Crippen LogP) is 5.03. The third-order valence-electron chi connectivity index (χ3n) is 6.10. The van der Waals surface area contributed by atoms with Crippen molar-refractivity contribution in [2.24, 2.45) is 5.92 Å². The Morgan fingerprint density at radius 2 is 1.63 bits per heavy atom. The van der Waals surface area contributed by atoms with Crippen LogP contribution in [0.25, 0.3) is 0 Å². The number of ketones is 1. The number of nitrogens with one attached hydrogen (secondary N) is 1. The minimum absolute atomic E-state index is 0.0929. The Kier molecular flexibility index (Phi) is 7.33. The number of nitrogens with zero attached hydrogens (tertiary/aromatic N) is 1. The maximum absolute atomic E-state index is 13.1. The predicted molar refractivity (Wildman–Crippen MR) is 134 cm³/mol. The number of para-hydroxylation sites is 2. The van der Waals surface area contributed by atoms with Crippen LogP contribution in [0.1, 0.15) is 35.7 Å². The van der Waals surface area contributed by atoms with Crippen molar-refractivity contribution in [2.75, 3.05) is 18.4 Å². The van der Waals surface area contributed by atoms with Crippen molar-refractivity contribution in [1.82, 2.24) is 4.31 Å². The first kappa shape index (κ1) is 24.6. The van der Waals surface area contributed by atoms with Crippen molar-refractivity contribution in [3.05, 3.63) is 83.9 Å². The van der Waals surface area contributed by atoms with Gasteiger partial charge in [0.15, 0.2) is 11.5 Å². The van der Waals surface area contributed by atoms with Crippen molar-refractivity contribution in [1.29, 1.82) is 0 Å². The van der Waals surface area contributed by atoms with Crippen LogP contribution in [-0.2, 0) is 14.8 Å². The molecule has 1 fully saturated rings. The van der Waals surface area contributed by atoms with E-state index < -0.39 is 10.0 Å². The number of Topliss-reactive ketones (excluding diaryl/α,β-unsaturated/α-hetero) is 1. The number of sulfonamides is 1. The average molecular weight is 493 g/mol. The number of anilines is 1. The Morgan fingerprint density at radius 3 is 2.31 bits per heavy atom. The molecule has 0 saturated carbocycles. The van der Waals surface area contributed by atoms with Crippen LogP contribution in [0.5, 0.6) is 11.5 Å². The molecule has 1 amide bonds. The highest BCUT2D eigenvalue weighted by atomic mass is 32.2. The summed E-state index contributed by atoms with van der Waals surface area (Å²) < 4.78 is 33.5. The summed E-state index contributed by atoms with van der Waals surface area (Å²) in [6.45, 7) is 3.86. The third-order valence-corrected chi connectivity index (χ3v) is 7.99. The second-order valence-electron chi connectivity index (χ2n) is 8.66. The highest BCUT2D eigenvalue weighted by Gasteiger charge is 2.32. The van der Waals surface area contributed by atoms with Crippen molar-refractivity contribution in [2.45, 2.75) is 31.6 Å². The Labute approximate surface area is 205 Å². The van der Waals surface area contributed by atoms with Gasteiger partial charge in [0.1, 0.15) is 5.75 Å². The molecule has 35 heavy (non-hydrogen) atoms.